The fourth-order valence-corrected chi connectivity index (χ4v) is 2.81. The van der Waals surface area contributed by atoms with Crippen LogP contribution >= 0.6 is 0 Å². The summed E-state index contributed by atoms with van der Waals surface area (Å²) in [5.74, 6) is -2.51. The molecule has 2 amide bonds. The Hall–Kier alpha value is -3.75. The number of nitrogens with one attached hydrogen (secondary N) is 2. The molecule has 0 spiro atoms. The smallest absolute Gasteiger partial charge is 0.314 e. The predicted octanol–water partition coefficient (Wildman–Crippen LogP) is 2.73. The number of benzene rings is 2. The van der Waals surface area contributed by atoms with Crippen LogP contribution in [0.15, 0.2) is 54.6 Å². The summed E-state index contributed by atoms with van der Waals surface area (Å²) in [7, 11) is 0. The van der Waals surface area contributed by atoms with E-state index in [-0.39, 0.29) is 17.2 Å². The average Bonchev–Trinajstić information content (AvgIpc) is 2.76. The maximum absolute atomic E-state index is 12.6. The number of nitro groups is 1. The molecular weight excluding hydrogens is 390 g/mol. The first-order chi connectivity index (χ1) is 14.3. The normalized spacial score (nSPS) is 12.3. The average molecular weight is 413 g/mol. The molecule has 0 aliphatic carbocycles. The van der Waals surface area contributed by atoms with Crippen molar-refractivity contribution in [2.24, 2.45) is 5.92 Å². The quantitative estimate of drug-likeness (QED) is 0.389. The van der Waals surface area contributed by atoms with Crippen LogP contribution in [0.3, 0.4) is 0 Å². The molecule has 0 aliphatic rings. The first-order valence-corrected chi connectivity index (χ1v) is 9.38. The maximum Gasteiger partial charge on any atom is 0.314 e. The largest absolute Gasteiger partial charge is 0.455 e. The van der Waals surface area contributed by atoms with Gasteiger partial charge >= 0.3 is 5.97 Å². The van der Waals surface area contributed by atoms with Gasteiger partial charge in [-0.05, 0) is 17.5 Å². The number of carbonyl (C=O) groups is 3. The van der Waals surface area contributed by atoms with E-state index in [2.05, 4.69) is 10.9 Å². The highest BCUT2D eigenvalue weighted by molar-refractivity contribution is 5.96. The van der Waals surface area contributed by atoms with E-state index in [0.717, 1.165) is 18.1 Å². The zero-order valence-electron chi connectivity index (χ0n) is 16.7. The number of rotatable bonds is 8. The van der Waals surface area contributed by atoms with Gasteiger partial charge in [-0.15, -0.1) is 0 Å². The van der Waals surface area contributed by atoms with E-state index in [9.17, 15) is 24.5 Å². The minimum atomic E-state index is -0.738. The van der Waals surface area contributed by atoms with Crippen LogP contribution in [0.1, 0.15) is 42.1 Å². The lowest BCUT2D eigenvalue weighted by Gasteiger charge is -2.21. The number of hydrazine groups is 1. The zero-order chi connectivity index (χ0) is 22.1. The number of ether oxygens (including phenoxy) is 1. The number of hydrogen-bond acceptors (Lipinski definition) is 6. The van der Waals surface area contributed by atoms with Crippen LogP contribution < -0.4 is 10.9 Å². The molecule has 2 atom stereocenters. The molecule has 0 radical (unpaired) electrons. The lowest BCUT2D eigenvalue weighted by Crippen LogP contribution is -2.43. The molecule has 30 heavy (non-hydrogen) atoms. The number of nitro benzene ring substituents is 1. The molecule has 0 saturated heterocycles. The highest BCUT2D eigenvalue weighted by Crippen LogP contribution is 2.28. The summed E-state index contributed by atoms with van der Waals surface area (Å²) >= 11 is 0. The molecule has 0 unspecified atom stereocenters. The van der Waals surface area contributed by atoms with Crippen molar-refractivity contribution in [2.75, 3.05) is 6.61 Å². The molecule has 0 aromatic heterocycles. The summed E-state index contributed by atoms with van der Waals surface area (Å²) < 4.78 is 5.14. The standard InChI is InChI=1S/C21H23N3O6/c1-3-14(2)19(15-8-5-4-6-9-15)21(27)30-13-18(25)22-23-20(26)16-10-7-11-17(12-16)24(28)29/h4-12,14,19H,3,13H2,1-2H3,(H,22,25)(H,23,26)/t14-,19-/m0/s1. The van der Waals surface area contributed by atoms with Crippen molar-refractivity contribution in [2.45, 2.75) is 26.2 Å². The van der Waals surface area contributed by atoms with Gasteiger partial charge in [0.2, 0.25) is 0 Å². The third-order valence-corrected chi connectivity index (χ3v) is 4.61. The number of esters is 1. The topological polar surface area (TPSA) is 128 Å². The van der Waals surface area contributed by atoms with Crippen molar-refractivity contribution >= 4 is 23.5 Å². The van der Waals surface area contributed by atoms with Crippen molar-refractivity contribution in [3.63, 3.8) is 0 Å². The second-order valence-electron chi connectivity index (χ2n) is 6.69. The van der Waals surface area contributed by atoms with Gasteiger partial charge < -0.3 is 4.74 Å². The third-order valence-electron chi connectivity index (χ3n) is 4.61. The summed E-state index contributed by atoms with van der Waals surface area (Å²) in [5.41, 5.74) is 4.81. The summed E-state index contributed by atoms with van der Waals surface area (Å²) in [6, 6.07) is 14.2. The summed E-state index contributed by atoms with van der Waals surface area (Å²) in [6.07, 6.45) is 0.750. The number of nitrogens with zero attached hydrogens (tertiary/aromatic N) is 1. The van der Waals surface area contributed by atoms with Gasteiger partial charge in [-0.2, -0.15) is 0 Å². The number of amides is 2. The fourth-order valence-electron chi connectivity index (χ4n) is 2.81. The molecule has 158 valence electrons. The molecule has 9 nitrogen and oxygen atoms in total. The fraction of sp³-hybridized carbons (Fsp3) is 0.286. The molecule has 2 aromatic rings. The van der Waals surface area contributed by atoms with Crippen LogP contribution in [0, 0.1) is 16.0 Å². The Kier molecular flexibility index (Phi) is 8.04. The summed E-state index contributed by atoms with van der Waals surface area (Å²) in [6.45, 7) is 3.32. The molecule has 0 fully saturated rings. The second kappa shape index (κ2) is 10.7. The van der Waals surface area contributed by atoms with Gasteiger partial charge in [0.25, 0.3) is 17.5 Å². The number of non-ortho nitro benzene ring substituents is 1. The minimum absolute atomic E-state index is 0.00223. The van der Waals surface area contributed by atoms with Crippen LogP contribution in [-0.4, -0.2) is 29.3 Å². The van der Waals surface area contributed by atoms with Crippen LogP contribution in [0.2, 0.25) is 0 Å². The molecule has 0 aliphatic heterocycles. The Bertz CT molecular complexity index is 916. The number of carbonyl (C=O) groups excluding carboxylic acids is 3. The van der Waals surface area contributed by atoms with Crippen molar-refractivity contribution in [1.29, 1.82) is 0 Å². The molecule has 0 heterocycles. The van der Waals surface area contributed by atoms with E-state index in [4.69, 9.17) is 4.74 Å². The van der Waals surface area contributed by atoms with Gasteiger partial charge in [-0.25, -0.2) is 0 Å². The van der Waals surface area contributed by atoms with Gasteiger partial charge in [0.1, 0.15) is 0 Å². The highest BCUT2D eigenvalue weighted by Gasteiger charge is 2.27. The van der Waals surface area contributed by atoms with Gasteiger partial charge in [0, 0.05) is 17.7 Å². The highest BCUT2D eigenvalue weighted by atomic mass is 16.6. The molecule has 0 saturated carbocycles. The van der Waals surface area contributed by atoms with Gasteiger partial charge in [-0.3, -0.25) is 35.3 Å². The first kappa shape index (κ1) is 22.5. The van der Waals surface area contributed by atoms with Crippen molar-refractivity contribution < 1.29 is 24.0 Å². The van der Waals surface area contributed by atoms with Crippen molar-refractivity contribution in [1.82, 2.24) is 10.9 Å². The molecule has 2 aromatic carbocycles. The Morgan fingerprint density at radius 3 is 2.40 bits per heavy atom. The Labute approximate surface area is 173 Å². The Morgan fingerprint density at radius 1 is 1.07 bits per heavy atom. The Morgan fingerprint density at radius 2 is 1.77 bits per heavy atom. The van der Waals surface area contributed by atoms with Gasteiger partial charge in [-0.1, -0.05) is 56.7 Å². The minimum Gasteiger partial charge on any atom is -0.455 e. The maximum atomic E-state index is 12.6. The van der Waals surface area contributed by atoms with Gasteiger partial charge in [0.05, 0.1) is 10.8 Å². The van der Waals surface area contributed by atoms with Crippen LogP contribution in [0.4, 0.5) is 5.69 Å². The molecule has 2 rings (SSSR count). The van der Waals surface area contributed by atoms with Crippen molar-refractivity contribution in [3.8, 4) is 0 Å². The van der Waals surface area contributed by atoms with E-state index in [0.29, 0.717) is 0 Å². The van der Waals surface area contributed by atoms with Crippen LogP contribution in [-0.2, 0) is 14.3 Å². The monoisotopic (exact) mass is 413 g/mol. The third kappa shape index (κ3) is 6.13. The van der Waals surface area contributed by atoms with E-state index in [1.54, 1.807) is 0 Å². The molecule has 2 N–H and O–H groups in total. The van der Waals surface area contributed by atoms with E-state index >= 15 is 0 Å². The molecule has 9 heteroatoms. The van der Waals surface area contributed by atoms with Crippen LogP contribution in [0.25, 0.3) is 0 Å². The summed E-state index contributed by atoms with van der Waals surface area (Å²) in [4.78, 5) is 46.7. The molecular formula is C21H23N3O6. The molecule has 0 bridgehead atoms. The predicted molar refractivity (Wildman–Crippen MR) is 108 cm³/mol. The van der Waals surface area contributed by atoms with E-state index < -0.39 is 35.2 Å². The number of hydrogen-bond donors (Lipinski definition) is 2. The van der Waals surface area contributed by atoms with Crippen LogP contribution in [0.5, 0.6) is 0 Å². The first-order valence-electron chi connectivity index (χ1n) is 9.38. The SMILES string of the molecule is CC[C@H](C)[C@H](C(=O)OCC(=O)NNC(=O)c1cccc([N+](=O)[O-])c1)c1ccccc1. The van der Waals surface area contributed by atoms with E-state index in [1.165, 1.54) is 18.2 Å². The van der Waals surface area contributed by atoms with Crippen molar-refractivity contribution in [3.05, 3.63) is 75.8 Å². The Balaban J connectivity index is 1.90. The van der Waals surface area contributed by atoms with Gasteiger partial charge in [0.15, 0.2) is 6.61 Å². The van der Waals surface area contributed by atoms with E-state index in [1.807, 2.05) is 44.2 Å². The zero-order valence-corrected chi connectivity index (χ0v) is 16.7. The lowest BCUT2D eigenvalue weighted by molar-refractivity contribution is -0.384. The second-order valence-corrected chi connectivity index (χ2v) is 6.69. The lowest BCUT2D eigenvalue weighted by atomic mass is 9.86. The summed E-state index contributed by atoms with van der Waals surface area (Å²) in [5, 5.41) is 10.8.